The van der Waals surface area contributed by atoms with Gasteiger partial charge in [0.15, 0.2) is 0 Å². The van der Waals surface area contributed by atoms with E-state index in [-0.39, 0.29) is 0 Å². The molecule has 0 aliphatic heterocycles. The minimum absolute atomic E-state index is 0.625. The molecule has 0 unspecified atom stereocenters. The highest BCUT2D eigenvalue weighted by Crippen LogP contribution is 2.19. The first-order chi connectivity index (χ1) is 9.15. The first kappa shape index (κ1) is 14.7. The molecule has 0 aliphatic rings. The predicted molar refractivity (Wildman–Crippen MR) is 75.4 cm³/mol. The molecule has 19 heavy (non-hydrogen) atoms. The van der Waals surface area contributed by atoms with E-state index in [1.807, 2.05) is 50.2 Å². The highest BCUT2D eigenvalue weighted by atomic mass is 16.5. The first-order valence-electron chi connectivity index (χ1n) is 5.94. The Balaban J connectivity index is 0.000000399. The maximum atomic E-state index is 9.06. The molecule has 1 heterocycles. The van der Waals surface area contributed by atoms with Gasteiger partial charge in [-0.25, -0.2) is 4.98 Å². The molecule has 2 rings (SSSR count). The second-order valence-electron chi connectivity index (χ2n) is 4.00. The number of nitrogens with one attached hydrogen (secondary N) is 1. The fourth-order valence-electron chi connectivity index (χ4n) is 1.24. The van der Waals surface area contributed by atoms with Crippen LogP contribution in [0.15, 0.2) is 42.6 Å². The number of pyridine rings is 1. The summed E-state index contributed by atoms with van der Waals surface area (Å²) in [4.78, 5) is 13.2. The second kappa shape index (κ2) is 7.87. The van der Waals surface area contributed by atoms with E-state index in [4.69, 9.17) is 9.53 Å². The lowest BCUT2D eigenvalue weighted by atomic mass is 10.2. The van der Waals surface area contributed by atoms with Crippen LogP contribution in [0.2, 0.25) is 0 Å². The van der Waals surface area contributed by atoms with Crippen LogP contribution in [-0.2, 0) is 4.79 Å². The van der Waals surface area contributed by atoms with Crippen molar-refractivity contribution in [3.63, 3.8) is 0 Å². The Morgan fingerprint density at radius 3 is 2.11 bits per heavy atom. The SMILES string of the molecule is CNC=O.Cc1ccc(Oc2ccc(C)cn2)cc1. The lowest BCUT2D eigenvalue weighted by molar-refractivity contribution is -0.109. The highest BCUT2D eigenvalue weighted by Gasteiger charge is 1.97. The maximum Gasteiger partial charge on any atom is 0.219 e. The van der Waals surface area contributed by atoms with Gasteiger partial charge in [-0.1, -0.05) is 23.8 Å². The fraction of sp³-hybridized carbons (Fsp3) is 0.200. The topological polar surface area (TPSA) is 51.2 Å². The van der Waals surface area contributed by atoms with Crippen molar-refractivity contribution >= 4 is 6.41 Å². The van der Waals surface area contributed by atoms with Crippen LogP contribution in [0.5, 0.6) is 11.6 Å². The Hall–Kier alpha value is -2.36. The Kier molecular flexibility index (Phi) is 6.09. The van der Waals surface area contributed by atoms with E-state index >= 15 is 0 Å². The number of aryl methyl sites for hydroxylation is 2. The molecule has 4 heteroatoms. The number of hydrogen-bond donors (Lipinski definition) is 1. The summed E-state index contributed by atoms with van der Waals surface area (Å²) in [7, 11) is 1.56. The third-order valence-corrected chi connectivity index (χ3v) is 2.25. The smallest absolute Gasteiger partial charge is 0.219 e. The Labute approximate surface area is 113 Å². The fourth-order valence-corrected chi connectivity index (χ4v) is 1.24. The average molecular weight is 258 g/mol. The van der Waals surface area contributed by atoms with Crippen molar-refractivity contribution in [1.82, 2.24) is 10.3 Å². The lowest BCUT2D eigenvalue weighted by Crippen LogP contribution is -1.98. The summed E-state index contributed by atoms with van der Waals surface area (Å²) >= 11 is 0. The van der Waals surface area contributed by atoms with Crippen LogP contribution in [0.1, 0.15) is 11.1 Å². The zero-order chi connectivity index (χ0) is 14.1. The van der Waals surface area contributed by atoms with Gasteiger partial charge < -0.3 is 10.1 Å². The number of carbonyl (C=O) groups excluding carboxylic acids is 1. The predicted octanol–water partition coefficient (Wildman–Crippen LogP) is 2.85. The Morgan fingerprint density at radius 1 is 1.05 bits per heavy atom. The number of amides is 1. The van der Waals surface area contributed by atoms with Gasteiger partial charge in [0.25, 0.3) is 0 Å². The van der Waals surface area contributed by atoms with Gasteiger partial charge in [-0.3, -0.25) is 4.79 Å². The van der Waals surface area contributed by atoms with Crippen LogP contribution in [0.4, 0.5) is 0 Å². The van der Waals surface area contributed by atoms with Crippen molar-refractivity contribution in [2.45, 2.75) is 13.8 Å². The Morgan fingerprint density at radius 2 is 1.63 bits per heavy atom. The van der Waals surface area contributed by atoms with Gasteiger partial charge in [-0.2, -0.15) is 0 Å². The van der Waals surface area contributed by atoms with Crippen LogP contribution in [0.3, 0.4) is 0 Å². The van der Waals surface area contributed by atoms with Crippen LogP contribution < -0.4 is 10.1 Å². The number of carbonyl (C=O) groups is 1. The molecule has 0 bridgehead atoms. The van der Waals surface area contributed by atoms with Crippen molar-refractivity contribution in [3.8, 4) is 11.6 Å². The molecule has 0 spiro atoms. The number of ether oxygens (including phenoxy) is 1. The van der Waals surface area contributed by atoms with Crippen LogP contribution >= 0.6 is 0 Å². The zero-order valence-corrected chi connectivity index (χ0v) is 11.4. The number of nitrogens with zero attached hydrogens (tertiary/aromatic N) is 1. The van der Waals surface area contributed by atoms with Crippen molar-refractivity contribution in [1.29, 1.82) is 0 Å². The molecule has 0 atom stereocenters. The van der Waals surface area contributed by atoms with E-state index in [0.29, 0.717) is 12.3 Å². The monoisotopic (exact) mass is 258 g/mol. The Bertz CT molecular complexity index is 449. The van der Waals surface area contributed by atoms with E-state index in [0.717, 1.165) is 11.3 Å². The number of hydrogen-bond acceptors (Lipinski definition) is 3. The van der Waals surface area contributed by atoms with Crippen molar-refractivity contribution in [2.24, 2.45) is 0 Å². The third-order valence-electron chi connectivity index (χ3n) is 2.25. The van der Waals surface area contributed by atoms with Gasteiger partial charge in [0, 0.05) is 19.3 Å². The van der Waals surface area contributed by atoms with Gasteiger partial charge in [-0.05, 0) is 31.5 Å². The van der Waals surface area contributed by atoms with E-state index in [2.05, 4.69) is 10.3 Å². The minimum atomic E-state index is 0.625. The summed E-state index contributed by atoms with van der Waals surface area (Å²) in [6, 6.07) is 11.8. The molecule has 0 radical (unpaired) electrons. The molecule has 0 saturated carbocycles. The highest BCUT2D eigenvalue weighted by molar-refractivity contribution is 5.44. The molecule has 1 aromatic heterocycles. The molecule has 1 N–H and O–H groups in total. The molecule has 0 aliphatic carbocycles. The van der Waals surface area contributed by atoms with Crippen LogP contribution in [0, 0.1) is 13.8 Å². The summed E-state index contributed by atoms with van der Waals surface area (Å²) in [5, 5.41) is 2.25. The molecule has 0 saturated heterocycles. The summed E-state index contributed by atoms with van der Waals surface area (Å²) in [6.07, 6.45) is 2.42. The first-order valence-corrected chi connectivity index (χ1v) is 5.94. The van der Waals surface area contributed by atoms with Crippen LogP contribution in [0.25, 0.3) is 0 Å². The van der Waals surface area contributed by atoms with Gasteiger partial charge in [-0.15, -0.1) is 0 Å². The van der Waals surface area contributed by atoms with Gasteiger partial charge >= 0.3 is 0 Å². The molecule has 1 aromatic carbocycles. The second-order valence-corrected chi connectivity index (χ2v) is 4.00. The number of benzene rings is 1. The summed E-state index contributed by atoms with van der Waals surface area (Å²) < 4.78 is 5.58. The molecule has 1 amide bonds. The average Bonchev–Trinajstić information content (AvgIpc) is 2.44. The molecular weight excluding hydrogens is 240 g/mol. The third kappa shape index (κ3) is 5.68. The minimum Gasteiger partial charge on any atom is -0.439 e. The molecule has 4 nitrogen and oxygen atoms in total. The quantitative estimate of drug-likeness (QED) is 0.861. The summed E-state index contributed by atoms with van der Waals surface area (Å²) in [5.74, 6) is 1.45. The van der Waals surface area contributed by atoms with E-state index in [9.17, 15) is 0 Å². The van der Waals surface area contributed by atoms with Crippen molar-refractivity contribution in [2.75, 3.05) is 7.05 Å². The zero-order valence-electron chi connectivity index (χ0n) is 11.4. The summed E-state index contributed by atoms with van der Waals surface area (Å²) in [5.41, 5.74) is 2.35. The van der Waals surface area contributed by atoms with Crippen molar-refractivity contribution in [3.05, 3.63) is 53.7 Å². The molecule has 100 valence electrons. The van der Waals surface area contributed by atoms with Gasteiger partial charge in [0.2, 0.25) is 12.3 Å². The summed E-state index contributed by atoms with van der Waals surface area (Å²) in [6.45, 7) is 4.05. The number of rotatable bonds is 3. The lowest BCUT2D eigenvalue weighted by Gasteiger charge is -2.04. The maximum absolute atomic E-state index is 9.06. The number of aromatic nitrogens is 1. The van der Waals surface area contributed by atoms with E-state index < -0.39 is 0 Å². The largest absolute Gasteiger partial charge is 0.439 e. The van der Waals surface area contributed by atoms with Crippen LogP contribution in [-0.4, -0.2) is 18.4 Å². The van der Waals surface area contributed by atoms with Crippen molar-refractivity contribution < 1.29 is 9.53 Å². The van der Waals surface area contributed by atoms with E-state index in [1.54, 1.807) is 13.2 Å². The van der Waals surface area contributed by atoms with Gasteiger partial charge in [0.05, 0.1) is 0 Å². The van der Waals surface area contributed by atoms with E-state index in [1.165, 1.54) is 5.56 Å². The normalized spacial score (nSPS) is 9.00. The standard InChI is InChI=1S/C13H13NO.C2H5NO/c1-10-3-6-12(7-4-10)15-13-8-5-11(2)9-14-13;1-3-2-4/h3-9H,1-2H3;2H,1H3,(H,3,4). The van der Waals surface area contributed by atoms with Gasteiger partial charge in [0.1, 0.15) is 5.75 Å². The molecular formula is C15H18N2O2. The molecule has 2 aromatic rings. The molecule has 0 fully saturated rings.